The van der Waals surface area contributed by atoms with Gasteiger partial charge in [0.25, 0.3) is 0 Å². The first-order valence-corrected chi connectivity index (χ1v) is 7.06. The minimum Gasteiger partial charge on any atom is -0.459 e. The van der Waals surface area contributed by atoms with Gasteiger partial charge in [-0.25, -0.2) is 19.2 Å². The number of esters is 2. The first kappa shape index (κ1) is 21.2. The Balaban J connectivity index is 4.02. The van der Waals surface area contributed by atoms with E-state index in [9.17, 15) is 19.2 Å². The summed E-state index contributed by atoms with van der Waals surface area (Å²) in [5, 5.41) is 4.50. The summed E-state index contributed by atoms with van der Waals surface area (Å²) in [4.78, 5) is 44.6. The van der Waals surface area contributed by atoms with Crippen molar-refractivity contribution in [2.45, 2.75) is 26.1 Å². The highest BCUT2D eigenvalue weighted by Gasteiger charge is 2.11. The predicted octanol–water partition coefficient (Wildman–Crippen LogP) is 0.118. The van der Waals surface area contributed by atoms with Crippen LogP contribution in [0.5, 0.6) is 0 Å². The lowest BCUT2D eigenvalue weighted by Crippen LogP contribution is -2.28. The van der Waals surface area contributed by atoms with E-state index in [4.69, 9.17) is 18.9 Å². The average molecular weight is 346 g/mol. The molecule has 0 aromatic rings. The molecule has 2 atom stereocenters. The summed E-state index contributed by atoms with van der Waals surface area (Å²) in [6.45, 7) is 2.74. The zero-order valence-corrected chi connectivity index (χ0v) is 14.0. The third-order valence-corrected chi connectivity index (χ3v) is 2.30. The van der Waals surface area contributed by atoms with Crippen LogP contribution in [-0.4, -0.2) is 63.6 Å². The lowest BCUT2D eigenvalue weighted by Gasteiger charge is -2.12. The van der Waals surface area contributed by atoms with Gasteiger partial charge in [-0.05, 0) is 13.8 Å². The van der Waals surface area contributed by atoms with E-state index in [0.717, 1.165) is 12.2 Å². The molecule has 0 saturated heterocycles. The van der Waals surface area contributed by atoms with Crippen molar-refractivity contribution in [2.24, 2.45) is 0 Å². The Bertz CT molecular complexity index is 435. The van der Waals surface area contributed by atoms with Crippen molar-refractivity contribution in [3.8, 4) is 0 Å². The van der Waals surface area contributed by atoms with Crippen molar-refractivity contribution >= 4 is 24.1 Å². The van der Waals surface area contributed by atoms with Gasteiger partial charge >= 0.3 is 24.1 Å². The van der Waals surface area contributed by atoms with Crippen LogP contribution in [0.15, 0.2) is 12.2 Å². The standard InChI is InChI=1S/C14H22N2O8/c1-9(23-13(19)15-3)7-21-11(17)5-6-12(18)22-8-10(2)24-14(20)16-4/h5-6,9-10H,7-8H2,1-4H3,(H,15,19)(H,16,20)/b6-5+/t9-,10-/m1/s1. The van der Waals surface area contributed by atoms with Gasteiger partial charge in [-0.3, -0.25) is 0 Å². The number of amides is 2. The fourth-order valence-corrected chi connectivity index (χ4v) is 1.18. The first-order valence-electron chi connectivity index (χ1n) is 7.06. The molecule has 0 aliphatic rings. The Morgan fingerprint density at radius 2 is 1.12 bits per heavy atom. The molecule has 0 aromatic heterocycles. The number of carbonyl (C=O) groups excluding carboxylic acids is 4. The van der Waals surface area contributed by atoms with Crippen LogP contribution >= 0.6 is 0 Å². The highest BCUT2D eigenvalue weighted by molar-refractivity contribution is 5.91. The van der Waals surface area contributed by atoms with Gasteiger partial charge in [-0.2, -0.15) is 0 Å². The lowest BCUT2D eigenvalue weighted by atomic mass is 10.4. The van der Waals surface area contributed by atoms with Crippen molar-refractivity contribution in [1.29, 1.82) is 0 Å². The summed E-state index contributed by atoms with van der Waals surface area (Å²) in [5.74, 6) is -1.59. The summed E-state index contributed by atoms with van der Waals surface area (Å²) < 4.78 is 19.1. The Morgan fingerprint density at radius 1 is 0.792 bits per heavy atom. The van der Waals surface area contributed by atoms with Crippen molar-refractivity contribution in [2.75, 3.05) is 27.3 Å². The van der Waals surface area contributed by atoms with Crippen molar-refractivity contribution in [1.82, 2.24) is 10.6 Å². The van der Waals surface area contributed by atoms with Crippen LogP contribution in [0.25, 0.3) is 0 Å². The molecule has 2 N–H and O–H groups in total. The molecule has 0 spiro atoms. The second-order valence-corrected chi connectivity index (χ2v) is 4.53. The smallest absolute Gasteiger partial charge is 0.407 e. The van der Waals surface area contributed by atoms with Crippen LogP contribution in [0.3, 0.4) is 0 Å². The van der Waals surface area contributed by atoms with Gasteiger partial charge in [-0.15, -0.1) is 0 Å². The number of hydrogen-bond acceptors (Lipinski definition) is 8. The van der Waals surface area contributed by atoms with Crippen LogP contribution in [0, 0.1) is 0 Å². The summed E-state index contributed by atoms with van der Waals surface area (Å²) in [5.41, 5.74) is 0. The molecule has 24 heavy (non-hydrogen) atoms. The zero-order chi connectivity index (χ0) is 18.5. The van der Waals surface area contributed by atoms with E-state index in [-0.39, 0.29) is 13.2 Å². The maximum atomic E-state index is 11.4. The number of ether oxygens (including phenoxy) is 4. The quantitative estimate of drug-likeness (QED) is 0.360. The SMILES string of the molecule is CNC(=O)O[C@H](C)COC(=O)/C=C/C(=O)OC[C@@H](C)OC(=O)NC. The van der Waals surface area contributed by atoms with Crippen LogP contribution in [-0.2, 0) is 28.5 Å². The monoisotopic (exact) mass is 346 g/mol. The second-order valence-electron chi connectivity index (χ2n) is 4.53. The number of hydrogen-bond donors (Lipinski definition) is 2. The van der Waals surface area contributed by atoms with E-state index in [1.807, 2.05) is 0 Å². The lowest BCUT2D eigenvalue weighted by molar-refractivity contribution is -0.143. The Labute approximate surface area is 139 Å². The molecule has 136 valence electrons. The number of nitrogens with one attached hydrogen (secondary N) is 2. The van der Waals surface area contributed by atoms with E-state index >= 15 is 0 Å². The maximum Gasteiger partial charge on any atom is 0.407 e. The molecule has 0 bridgehead atoms. The van der Waals surface area contributed by atoms with Crippen molar-refractivity contribution < 1.29 is 38.1 Å². The van der Waals surface area contributed by atoms with Gasteiger partial charge in [0.05, 0.1) is 0 Å². The van der Waals surface area contributed by atoms with E-state index in [0.29, 0.717) is 0 Å². The molecule has 0 aliphatic heterocycles. The number of alkyl carbamates (subject to hydrolysis) is 2. The topological polar surface area (TPSA) is 129 Å². The third kappa shape index (κ3) is 10.9. The van der Waals surface area contributed by atoms with Crippen LogP contribution in [0.2, 0.25) is 0 Å². The highest BCUT2D eigenvalue weighted by Crippen LogP contribution is 1.96. The largest absolute Gasteiger partial charge is 0.459 e. The summed E-state index contributed by atoms with van der Waals surface area (Å²) >= 11 is 0. The van der Waals surface area contributed by atoms with E-state index in [2.05, 4.69) is 10.6 Å². The van der Waals surface area contributed by atoms with Crippen molar-refractivity contribution in [3.63, 3.8) is 0 Å². The third-order valence-electron chi connectivity index (χ3n) is 2.30. The Kier molecular flexibility index (Phi) is 10.4. The fraction of sp³-hybridized carbons (Fsp3) is 0.571. The van der Waals surface area contributed by atoms with E-state index in [1.165, 1.54) is 27.9 Å². The highest BCUT2D eigenvalue weighted by atomic mass is 16.6. The van der Waals surface area contributed by atoms with E-state index in [1.54, 1.807) is 0 Å². The summed E-state index contributed by atoms with van der Waals surface area (Å²) in [7, 11) is 2.80. The normalized spacial score (nSPS) is 12.7. The second kappa shape index (κ2) is 11.7. The first-order chi connectivity index (χ1) is 11.3. The van der Waals surface area contributed by atoms with Crippen LogP contribution in [0.1, 0.15) is 13.8 Å². The van der Waals surface area contributed by atoms with Gasteiger partial charge in [0.15, 0.2) is 0 Å². The zero-order valence-electron chi connectivity index (χ0n) is 14.0. The molecule has 10 heteroatoms. The van der Waals surface area contributed by atoms with Gasteiger partial charge in [0.2, 0.25) is 0 Å². The van der Waals surface area contributed by atoms with E-state index < -0.39 is 36.3 Å². The molecule has 2 amide bonds. The van der Waals surface area contributed by atoms with Gasteiger partial charge in [0.1, 0.15) is 25.4 Å². The van der Waals surface area contributed by atoms with Crippen LogP contribution < -0.4 is 10.6 Å². The number of carbonyl (C=O) groups is 4. The Hall–Kier alpha value is -2.78. The maximum absolute atomic E-state index is 11.4. The minimum atomic E-state index is -0.797. The minimum absolute atomic E-state index is 0.164. The molecule has 0 aliphatic carbocycles. The molecule has 0 aromatic carbocycles. The molecule has 10 nitrogen and oxygen atoms in total. The predicted molar refractivity (Wildman–Crippen MR) is 81.1 cm³/mol. The number of rotatable bonds is 8. The average Bonchev–Trinajstić information content (AvgIpc) is 2.55. The molecule has 0 unspecified atom stereocenters. The molecule has 0 rings (SSSR count). The molecule has 0 fully saturated rings. The fourth-order valence-electron chi connectivity index (χ4n) is 1.18. The van der Waals surface area contributed by atoms with Gasteiger partial charge < -0.3 is 29.6 Å². The van der Waals surface area contributed by atoms with Gasteiger partial charge in [-0.1, -0.05) is 0 Å². The summed E-state index contributed by atoms with van der Waals surface area (Å²) in [6, 6.07) is 0. The molecular weight excluding hydrogens is 324 g/mol. The molecular formula is C14H22N2O8. The van der Waals surface area contributed by atoms with Gasteiger partial charge in [0, 0.05) is 26.2 Å². The summed E-state index contributed by atoms with van der Waals surface area (Å²) in [6.07, 6.45) is -0.830. The molecule has 0 saturated carbocycles. The van der Waals surface area contributed by atoms with Crippen molar-refractivity contribution in [3.05, 3.63) is 12.2 Å². The molecule has 0 heterocycles. The van der Waals surface area contributed by atoms with Crippen LogP contribution in [0.4, 0.5) is 9.59 Å². The molecule has 0 radical (unpaired) electrons. The Morgan fingerprint density at radius 3 is 1.42 bits per heavy atom.